The van der Waals surface area contributed by atoms with Crippen LogP contribution in [-0.2, 0) is 14.8 Å². The van der Waals surface area contributed by atoms with Gasteiger partial charge in [0.25, 0.3) is 15.8 Å². The van der Waals surface area contributed by atoms with Crippen molar-refractivity contribution in [2.75, 3.05) is 24.3 Å². The lowest BCUT2D eigenvalue weighted by Crippen LogP contribution is -2.14. The number of thioether (sulfide) groups is 1. The van der Waals surface area contributed by atoms with Crippen LogP contribution >= 0.6 is 23.4 Å². The number of methoxy groups -OCH3 is 2. The number of carbonyl (C=O) groups excluding carboxylic acids is 1. The van der Waals surface area contributed by atoms with E-state index in [9.17, 15) is 22.0 Å². The fourth-order valence-corrected chi connectivity index (χ4v) is 4.74. The monoisotopic (exact) mass is 554 g/mol. The number of halogens is 3. The van der Waals surface area contributed by atoms with Crippen LogP contribution < -0.4 is 19.5 Å². The summed E-state index contributed by atoms with van der Waals surface area (Å²) in [5.41, 5.74) is 0.949. The maximum absolute atomic E-state index is 12.8. The Labute approximate surface area is 216 Å². The van der Waals surface area contributed by atoms with Gasteiger partial charge in [0.2, 0.25) is 5.91 Å². The minimum Gasteiger partial charge on any atom is -0.493 e. The summed E-state index contributed by atoms with van der Waals surface area (Å²) in [7, 11) is -1.04. The van der Waals surface area contributed by atoms with Crippen molar-refractivity contribution in [1.29, 1.82) is 0 Å². The normalized spacial score (nSPS) is 11.5. The molecule has 0 aromatic heterocycles. The van der Waals surface area contributed by atoms with Crippen LogP contribution in [0, 0.1) is 0 Å². The molecule has 0 fully saturated rings. The van der Waals surface area contributed by atoms with Crippen molar-refractivity contribution >= 4 is 56.7 Å². The number of sulfonamides is 1. The lowest BCUT2D eigenvalue weighted by atomic mass is 10.2. The van der Waals surface area contributed by atoms with Crippen molar-refractivity contribution in [3.05, 3.63) is 77.3 Å². The highest BCUT2D eigenvalue weighted by molar-refractivity contribution is 7.99. The summed E-state index contributed by atoms with van der Waals surface area (Å²) in [6, 6.07) is 14.5. The Kier molecular flexibility index (Phi) is 9.19. The molecule has 0 atom stereocenters. The molecule has 2 N–H and O–H groups in total. The smallest absolute Gasteiger partial charge is 0.288 e. The number of rotatable bonds is 10. The van der Waals surface area contributed by atoms with E-state index in [4.69, 9.17) is 21.1 Å². The third kappa shape index (κ3) is 7.36. The van der Waals surface area contributed by atoms with Gasteiger partial charge in [-0.15, -0.1) is 0 Å². The second-order valence-electron chi connectivity index (χ2n) is 7.09. The van der Waals surface area contributed by atoms with Gasteiger partial charge < -0.3 is 14.8 Å². The van der Waals surface area contributed by atoms with E-state index in [1.165, 1.54) is 62.8 Å². The van der Waals surface area contributed by atoms with Crippen LogP contribution in [0.4, 0.5) is 20.2 Å². The minimum atomic E-state index is -4.05. The number of hydrogen-bond donors (Lipinski definition) is 2. The van der Waals surface area contributed by atoms with Crippen molar-refractivity contribution in [1.82, 2.24) is 0 Å². The van der Waals surface area contributed by atoms with Crippen molar-refractivity contribution in [2.24, 2.45) is 0 Å². The highest BCUT2D eigenvalue weighted by Gasteiger charge is 2.17. The zero-order valence-electron chi connectivity index (χ0n) is 19.0. The summed E-state index contributed by atoms with van der Waals surface area (Å²) in [6.07, 6.45) is 2.80. The minimum absolute atomic E-state index is 0.0881. The number of anilines is 2. The molecule has 0 saturated heterocycles. The molecule has 190 valence electrons. The summed E-state index contributed by atoms with van der Waals surface area (Å²) < 4.78 is 63.3. The quantitative estimate of drug-likeness (QED) is 0.231. The van der Waals surface area contributed by atoms with Gasteiger partial charge >= 0.3 is 0 Å². The van der Waals surface area contributed by atoms with Crippen LogP contribution in [-0.4, -0.2) is 34.3 Å². The van der Waals surface area contributed by atoms with Crippen LogP contribution in [0.2, 0.25) is 5.02 Å². The van der Waals surface area contributed by atoms with E-state index >= 15 is 0 Å². The molecule has 0 heterocycles. The molecular formula is C24H21ClF2N2O5S2. The predicted octanol–water partition coefficient (Wildman–Crippen LogP) is 6.12. The Morgan fingerprint density at radius 3 is 2.33 bits per heavy atom. The molecule has 3 rings (SSSR count). The van der Waals surface area contributed by atoms with Gasteiger partial charge in [-0.1, -0.05) is 29.4 Å². The Bertz CT molecular complexity index is 1370. The largest absolute Gasteiger partial charge is 0.493 e. The van der Waals surface area contributed by atoms with E-state index in [0.29, 0.717) is 33.7 Å². The summed E-state index contributed by atoms with van der Waals surface area (Å²) in [6.45, 7) is 0. The van der Waals surface area contributed by atoms with E-state index in [1.807, 2.05) is 0 Å². The first-order chi connectivity index (χ1) is 17.1. The molecule has 0 spiro atoms. The molecule has 12 heteroatoms. The van der Waals surface area contributed by atoms with E-state index in [-0.39, 0.29) is 21.3 Å². The molecule has 0 aliphatic rings. The van der Waals surface area contributed by atoms with E-state index in [0.717, 1.165) is 0 Å². The molecule has 1 amide bonds. The summed E-state index contributed by atoms with van der Waals surface area (Å²) in [5, 5.41) is 2.69. The molecule has 0 radical (unpaired) electrons. The first-order valence-electron chi connectivity index (χ1n) is 10.2. The van der Waals surface area contributed by atoms with Gasteiger partial charge in [0, 0.05) is 16.7 Å². The van der Waals surface area contributed by atoms with E-state index < -0.39 is 21.7 Å². The van der Waals surface area contributed by atoms with E-state index in [1.54, 1.807) is 24.3 Å². The number of benzene rings is 3. The molecule has 0 unspecified atom stereocenters. The van der Waals surface area contributed by atoms with Crippen LogP contribution in [0.15, 0.2) is 76.5 Å². The fourth-order valence-electron chi connectivity index (χ4n) is 2.99. The zero-order valence-corrected chi connectivity index (χ0v) is 21.4. The molecule has 3 aromatic carbocycles. The third-order valence-corrected chi connectivity index (χ3v) is 7.10. The lowest BCUT2D eigenvalue weighted by Gasteiger charge is -2.11. The average molecular weight is 555 g/mol. The second-order valence-corrected chi connectivity index (χ2v) is 10.2. The number of hydrogen-bond acceptors (Lipinski definition) is 6. The number of carbonyl (C=O) groups is 1. The SMILES string of the molecule is COc1ccc(C=CC(=O)Nc2cc(S(=O)(=O)Nc3ccc(SC(F)F)cc3)ccc2Cl)cc1OC. The Morgan fingerprint density at radius 2 is 1.69 bits per heavy atom. The van der Waals surface area contributed by atoms with Gasteiger partial charge in [-0.25, -0.2) is 8.42 Å². The molecule has 0 bridgehead atoms. The first-order valence-corrected chi connectivity index (χ1v) is 12.9. The standard InChI is InChI=1S/C24H21ClF2N2O5S2/c1-33-21-11-3-15(13-22(21)34-2)4-12-23(30)28-20-14-18(9-10-19(20)25)36(31,32)29-16-5-7-17(8-6-16)35-24(26)27/h3-14,24,29H,1-2H3,(H,28,30). The second kappa shape index (κ2) is 12.1. The number of nitrogens with one attached hydrogen (secondary N) is 2. The van der Waals surface area contributed by atoms with Gasteiger partial charge in [0.05, 0.1) is 29.8 Å². The first kappa shape index (κ1) is 27.3. The molecular weight excluding hydrogens is 534 g/mol. The summed E-state index contributed by atoms with van der Waals surface area (Å²) in [4.78, 5) is 12.6. The van der Waals surface area contributed by atoms with Crippen molar-refractivity contribution < 1.29 is 31.5 Å². The number of amides is 1. The van der Waals surface area contributed by atoms with Crippen LogP contribution in [0.5, 0.6) is 11.5 Å². The highest BCUT2D eigenvalue weighted by atomic mass is 35.5. The average Bonchev–Trinajstić information content (AvgIpc) is 2.84. The van der Waals surface area contributed by atoms with Gasteiger partial charge in [-0.3, -0.25) is 9.52 Å². The Balaban J connectivity index is 1.73. The zero-order chi connectivity index (χ0) is 26.3. The highest BCUT2D eigenvalue weighted by Crippen LogP contribution is 2.30. The van der Waals surface area contributed by atoms with Crippen molar-refractivity contribution in [2.45, 2.75) is 15.5 Å². The van der Waals surface area contributed by atoms with Crippen molar-refractivity contribution in [3.8, 4) is 11.5 Å². The van der Waals surface area contributed by atoms with Crippen LogP contribution in [0.3, 0.4) is 0 Å². The van der Waals surface area contributed by atoms with Gasteiger partial charge in [0.1, 0.15) is 0 Å². The summed E-state index contributed by atoms with van der Waals surface area (Å²) in [5.74, 6) is -2.08. The fraction of sp³-hybridized carbons (Fsp3) is 0.125. The maximum atomic E-state index is 12.8. The van der Waals surface area contributed by atoms with Gasteiger partial charge in [-0.2, -0.15) is 8.78 Å². The molecule has 0 aliphatic heterocycles. The van der Waals surface area contributed by atoms with Crippen LogP contribution in [0.1, 0.15) is 5.56 Å². The van der Waals surface area contributed by atoms with E-state index in [2.05, 4.69) is 10.0 Å². The van der Waals surface area contributed by atoms with Gasteiger partial charge in [0.15, 0.2) is 11.5 Å². The number of alkyl halides is 2. The lowest BCUT2D eigenvalue weighted by molar-refractivity contribution is -0.111. The Morgan fingerprint density at radius 1 is 1.00 bits per heavy atom. The molecule has 36 heavy (non-hydrogen) atoms. The van der Waals surface area contributed by atoms with Gasteiger partial charge in [-0.05, 0) is 66.2 Å². The summed E-state index contributed by atoms with van der Waals surface area (Å²) >= 11 is 6.51. The molecule has 0 saturated carbocycles. The topological polar surface area (TPSA) is 93.7 Å². The predicted molar refractivity (Wildman–Crippen MR) is 138 cm³/mol. The Hall–Kier alpha value is -3.28. The molecule has 3 aromatic rings. The number of ether oxygens (including phenoxy) is 2. The van der Waals surface area contributed by atoms with Crippen LogP contribution in [0.25, 0.3) is 6.08 Å². The maximum Gasteiger partial charge on any atom is 0.288 e. The van der Waals surface area contributed by atoms with Crippen molar-refractivity contribution in [3.63, 3.8) is 0 Å². The molecule has 0 aliphatic carbocycles. The third-order valence-electron chi connectivity index (χ3n) is 4.67. The molecule has 7 nitrogen and oxygen atoms in total.